The molecule has 0 radical (unpaired) electrons. The highest BCUT2D eigenvalue weighted by atomic mass is 19.1. The van der Waals surface area contributed by atoms with Gasteiger partial charge in [0.15, 0.2) is 5.82 Å². The molecule has 2 aromatic carbocycles. The largest absolute Gasteiger partial charge is 0.463 e. The Hall–Kier alpha value is -3.51. The summed E-state index contributed by atoms with van der Waals surface area (Å²) in [5.74, 6) is -1.55. The second-order valence-electron chi connectivity index (χ2n) is 7.88. The number of esters is 1. The Morgan fingerprint density at radius 3 is 2.33 bits per heavy atom. The van der Waals surface area contributed by atoms with Gasteiger partial charge in [-0.2, -0.15) is 0 Å². The fourth-order valence-electron chi connectivity index (χ4n) is 3.76. The SMILES string of the molecule is O=C(Cc1ccc2c(c1)C(=O)c1nc3ccc(F)cc3c(=O)n1-2)OCCOCCOCCOCCO. The van der Waals surface area contributed by atoms with Crippen molar-refractivity contribution in [2.75, 3.05) is 52.9 Å². The van der Waals surface area contributed by atoms with Crippen LogP contribution in [0.2, 0.25) is 0 Å². The summed E-state index contributed by atoms with van der Waals surface area (Å²) in [6, 6.07) is 8.37. The molecule has 36 heavy (non-hydrogen) atoms. The first-order valence-electron chi connectivity index (χ1n) is 11.4. The van der Waals surface area contributed by atoms with Gasteiger partial charge in [0.1, 0.15) is 12.4 Å². The molecule has 0 amide bonds. The zero-order valence-electron chi connectivity index (χ0n) is 19.4. The summed E-state index contributed by atoms with van der Waals surface area (Å²) in [5, 5.41) is 8.66. The molecule has 0 bridgehead atoms. The Kier molecular flexibility index (Phi) is 8.49. The molecule has 1 aliphatic rings. The summed E-state index contributed by atoms with van der Waals surface area (Å²) in [4.78, 5) is 42.3. The number of aliphatic hydroxyl groups is 1. The molecule has 1 aliphatic heterocycles. The lowest BCUT2D eigenvalue weighted by Crippen LogP contribution is -2.21. The van der Waals surface area contributed by atoms with E-state index in [9.17, 15) is 18.8 Å². The minimum Gasteiger partial charge on any atom is -0.463 e. The molecule has 10 nitrogen and oxygen atoms in total. The van der Waals surface area contributed by atoms with Gasteiger partial charge in [0.2, 0.25) is 5.78 Å². The van der Waals surface area contributed by atoms with Gasteiger partial charge < -0.3 is 24.1 Å². The molecule has 1 N–H and O–H groups in total. The van der Waals surface area contributed by atoms with E-state index in [1.54, 1.807) is 12.1 Å². The van der Waals surface area contributed by atoms with Gasteiger partial charge in [-0.1, -0.05) is 6.07 Å². The van der Waals surface area contributed by atoms with Crippen LogP contribution in [0.15, 0.2) is 41.2 Å². The molecular weight excluding hydrogens is 475 g/mol. The minimum atomic E-state index is -0.570. The minimum absolute atomic E-state index is 0.0275. The number of benzene rings is 2. The van der Waals surface area contributed by atoms with Gasteiger partial charge >= 0.3 is 5.97 Å². The standard InChI is InChI=1S/C25H25FN2O8/c26-17-2-3-20-18(15-17)25(32)28-21-4-1-16(13-19(21)23(31)24(28)27-20)14-22(30)36-12-11-35-10-9-34-8-7-33-6-5-29/h1-4,13,15,29H,5-12,14H2. The summed E-state index contributed by atoms with van der Waals surface area (Å²) in [7, 11) is 0. The summed E-state index contributed by atoms with van der Waals surface area (Å²) in [6.07, 6.45) is -0.0661. The third-order valence-electron chi connectivity index (χ3n) is 5.40. The molecule has 0 aliphatic carbocycles. The molecule has 0 saturated heterocycles. The van der Waals surface area contributed by atoms with Gasteiger partial charge in [-0.3, -0.25) is 19.0 Å². The van der Waals surface area contributed by atoms with E-state index >= 15 is 0 Å². The van der Waals surface area contributed by atoms with Crippen molar-refractivity contribution >= 4 is 22.7 Å². The fraction of sp³-hybridized carbons (Fsp3) is 0.360. The van der Waals surface area contributed by atoms with Crippen molar-refractivity contribution in [1.29, 1.82) is 0 Å². The Balaban J connectivity index is 1.28. The molecule has 0 spiro atoms. The number of fused-ring (bicyclic) bond motifs is 4. The van der Waals surface area contributed by atoms with E-state index in [2.05, 4.69) is 4.98 Å². The van der Waals surface area contributed by atoms with Crippen molar-refractivity contribution in [3.05, 3.63) is 69.5 Å². The third-order valence-corrected chi connectivity index (χ3v) is 5.40. The molecule has 190 valence electrons. The number of ether oxygens (including phenoxy) is 4. The molecule has 0 fully saturated rings. The quantitative estimate of drug-likeness (QED) is 0.213. The van der Waals surface area contributed by atoms with E-state index in [1.807, 2.05) is 0 Å². The summed E-state index contributed by atoms with van der Waals surface area (Å²) in [5.41, 5.74) is 0.825. The maximum Gasteiger partial charge on any atom is 0.310 e. The highest BCUT2D eigenvalue weighted by Crippen LogP contribution is 2.27. The van der Waals surface area contributed by atoms with Crippen molar-refractivity contribution < 1.29 is 38.0 Å². The second-order valence-corrected chi connectivity index (χ2v) is 7.88. The van der Waals surface area contributed by atoms with Crippen molar-refractivity contribution in [1.82, 2.24) is 9.55 Å². The first kappa shape index (κ1) is 25.6. The predicted molar refractivity (Wildman–Crippen MR) is 125 cm³/mol. The fourth-order valence-corrected chi connectivity index (χ4v) is 3.76. The van der Waals surface area contributed by atoms with Crippen molar-refractivity contribution in [3.63, 3.8) is 0 Å². The van der Waals surface area contributed by atoms with E-state index in [1.165, 1.54) is 22.8 Å². The first-order valence-corrected chi connectivity index (χ1v) is 11.4. The van der Waals surface area contributed by atoms with Gasteiger partial charge in [0.25, 0.3) is 5.56 Å². The number of rotatable bonds is 13. The molecule has 2 heterocycles. The zero-order chi connectivity index (χ0) is 25.5. The van der Waals surface area contributed by atoms with Gasteiger partial charge in [-0.05, 0) is 35.9 Å². The maximum atomic E-state index is 13.6. The van der Waals surface area contributed by atoms with E-state index in [-0.39, 0.29) is 55.1 Å². The second kappa shape index (κ2) is 12.0. The lowest BCUT2D eigenvalue weighted by atomic mass is 10.1. The van der Waals surface area contributed by atoms with Crippen molar-refractivity contribution in [2.24, 2.45) is 0 Å². The van der Waals surface area contributed by atoms with Crippen LogP contribution in [0.3, 0.4) is 0 Å². The Morgan fingerprint density at radius 2 is 1.61 bits per heavy atom. The number of ketones is 1. The lowest BCUT2D eigenvalue weighted by Gasteiger charge is -2.08. The van der Waals surface area contributed by atoms with Gasteiger partial charge in [-0.15, -0.1) is 0 Å². The molecular formula is C25H25FN2O8. The van der Waals surface area contributed by atoms with Crippen LogP contribution in [-0.4, -0.2) is 79.3 Å². The summed E-state index contributed by atoms with van der Waals surface area (Å²) in [6.45, 7) is 2.00. The monoisotopic (exact) mass is 500 g/mol. The Labute approximate surface area is 205 Å². The Morgan fingerprint density at radius 1 is 0.917 bits per heavy atom. The topological polar surface area (TPSA) is 126 Å². The molecule has 0 saturated carbocycles. The first-order chi connectivity index (χ1) is 17.5. The van der Waals surface area contributed by atoms with Crippen LogP contribution < -0.4 is 5.56 Å². The number of hydrogen-bond donors (Lipinski definition) is 1. The highest BCUT2D eigenvalue weighted by Gasteiger charge is 2.30. The van der Waals surface area contributed by atoms with E-state index in [4.69, 9.17) is 24.1 Å². The highest BCUT2D eigenvalue weighted by molar-refractivity contribution is 6.13. The Bertz CT molecular complexity index is 1320. The van der Waals surface area contributed by atoms with Crippen LogP contribution in [-0.2, 0) is 30.2 Å². The van der Waals surface area contributed by atoms with Crippen molar-refractivity contribution in [2.45, 2.75) is 6.42 Å². The molecule has 0 unspecified atom stereocenters. The van der Waals surface area contributed by atoms with Gasteiger partial charge in [-0.25, -0.2) is 9.37 Å². The summed E-state index contributed by atoms with van der Waals surface area (Å²) < 4.78 is 35.6. The number of aliphatic hydroxyl groups excluding tert-OH is 1. The molecule has 11 heteroatoms. The summed E-state index contributed by atoms with van der Waals surface area (Å²) >= 11 is 0. The average molecular weight is 500 g/mol. The van der Waals surface area contributed by atoms with Crippen LogP contribution in [0.1, 0.15) is 21.7 Å². The third kappa shape index (κ3) is 5.82. The number of carbonyl (C=O) groups excluding carboxylic acids is 2. The van der Waals surface area contributed by atoms with Crippen LogP contribution in [0.5, 0.6) is 0 Å². The van der Waals surface area contributed by atoms with E-state index in [0.29, 0.717) is 37.7 Å². The zero-order valence-corrected chi connectivity index (χ0v) is 19.4. The molecule has 1 aromatic heterocycles. The normalized spacial score (nSPS) is 12.1. The van der Waals surface area contributed by atoms with Gasteiger partial charge in [0.05, 0.1) is 74.8 Å². The van der Waals surface area contributed by atoms with E-state index in [0.717, 1.165) is 6.07 Å². The number of nitrogens with zero attached hydrogens (tertiary/aromatic N) is 2. The molecule has 0 atom stereocenters. The predicted octanol–water partition coefficient (Wildman–Crippen LogP) is 1.20. The van der Waals surface area contributed by atoms with Crippen LogP contribution in [0.4, 0.5) is 4.39 Å². The van der Waals surface area contributed by atoms with Crippen molar-refractivity contribution in [3.8, 4) is 5.69 Å². The van der Waals surface area contributed by atoms with Gasteiger partial charge in [0, 0.05) is 0 Å². The van der Waals surface area contributed by atoms with Crippen LogP contribution >= 0.6 is 0 Å². The molecule has 3 aromatic rings. The average Bonchev–Trinajstić information content (AvgIpc) is 3.14. The number of aromatic nitrogens is 2. The molecule has 4 rings (SSSR count). The smallest absolute Gasteiger partial charge is 0.310 e. The number of carbonyl (C=O) groups is 2. The number of halogens is 1. The van der Waals surface area contributed by atoms with Crippen LogP contribution in [0.25, 0.3) is 16.6 Å². The van der Waals surface area contributed by atoms with E-state index < -0.39 is 23.1 Å². The van der Waals surface area contributed by atoms with Crippen LogP contribution in [0, 0.1) is 5.82 Å². The maximum absolute atomic E-state index is 13.6. The lowest BCUT2D eigenvalue weighted by molar-refractivity contribution is -0.144. The number of hydrogen-bond acceptors (Lipinski definition) is 9.